The van der Waals surface area contributed by atoms with Crippen molar-refractivity contribution in [2.24, 2.45) is 5.92 Å². The SMILES string of the molecule is C=CCn1c(CC)nnc1SCC(C)C. The lowest BCUT2D eigenvalue weighted by Crippen LogP contribution is -2.03. The van der Waals surface area contributed by atoms with Gasteiger partial charge in [-0.2, -0.15) is 0 Å². The molecule has 0 amide bonds. The highest BCUT2D eigenvalue weighted by molar-refractivity contribution is 7.99. The molecule has 0 bridgehead atoms. The molecule has 0 aliphatic heterocycles. The van der Waals surface area contributed by atoms with E-state index in [4.69, 9.17) is 0 Å². The van der Waals surface area contributed by atoms with Gasteiger partial charge in [-0.25, -0.2) is 0 Å². The highest BCUT2D eigenvalue weighted by atomic mass is 32.2. The average Bonchev–Trinajstić information content (AvgIpc) is 2.58. The Morgan fingerprint density at radius 2 is 2.20 bits per heavy atom. The van der Waals surface area contributed by atoms with E-state index in [0.29, 0.717) is 5.92 Å². The fourth-order valence-electron chi connectivity index (χ4n) is 1.24. The predicted octanol–water partition coefficient (Wildman–Crippen LogP) is 2.77. The molecule has 4 heteroatoms. The molecule has 0 aliphatic carbocycles. The summed E-state index contributed by atoms with van der Waals surface area (Å²) in [6.45, 7) is 11.1. The van der Waals surface area contributed by atoms with E-state index in [-0.39, 0.29) is 0 Å². The summed E-state index contributed by atoms with van der Waals surface area (Å²) in [7, 11) is 0. The lowest BCUT2D eigenvalue weighted by atomic mass is 10.3. The van der Waals surface area contributed by atoms with Crippen LogP contribution in [0.3, 0.4) is 0 Å². The third kappa shape index (κ3) is 3.38. The van der Waals surface area contributed by atoms with E-state index in [2.05, 4.69) is 42.1 Å². The largest absolute Gasteiger partial charge is 0.302 e. The summed E-state index contributed by atoms with van der Waals surface area (Å²) in [5, 5.41) is 9.40. The zero-order valence-corrected chi connectivity index (χ0v) is 10.5. The second-order valence-corrected chi connectivity index (χ2v) is 4.84. The zero-order valence-electron chi connectivity index (χ0n) is 9.73. The average molecular weight is 225 g/mol. The standard InChI is InChI=1S/C11H19N3S/c1-5-7-14-10(6-2)12-13-11(14)15-8-9(3)4/h5,9H,1,6-8H2,2-4H3. The Balaban J connectivity index is 2.77. The molecule has 0 aromatic carbocycles. The topological polar surface area (TPSA) is 30.7 Å². The van der Waals surface area contributed by atoms with Crippen LogP contribution in [0.15, 0.2) is 17.8 Å². The molecule has 0 N–H and O–H groups in total. The number of aromatic nitrogens is 3. The van der Waals surface area contributed by atoms with E-state index in [1.54, 1.807) is 11.8 Å². The second-order valence-electron chi connectivity index (χ2n) is 3.86. The van der Waals surface area contributed by atoms with Gasteiger partial charge in [-0.3, -0.25) is 0 Å². The van der Waals surface area contributed by atoms with E-state index in [1.165, 1.54) is 0 Å². The first kappa shape index (κ1) is 12.3. The Kier molecular flexibility index (Phi) is 4.88. The van der Waals surface area contributed by atoms with Crippen molar-refractivity contribution < 1.29 is 0 Å². The Labute approximate surface area is 96.0 Å². The maximum absolute atomic E-state index is 4.21. The maximum atomic E-state index is 4.21. The van der Waals surface area contributed by atoms with Crippen molar-refractivity contribution in [1.82, 2.24) is 14.8 Å². The molecule has 15 heavy (non-hydrogen) atoms. The number of hydrogen-bond donors (Lipinski definition) is 0. The number of aryl methyl sites for hydroxylation is 1. The molecular formula is C11H19N3S. The van der Waals surface area contributed by atoms with Gasteiger partial charge < -0.3 is 4.57 Å². The summed E-state index contributed by atoms with van der Waals surface area (Å²) < 4.78 is 2.14. The van der Waals surface area contributed by atoms with Gasteiger partial charge in [0.05, 0.1) is 0 Å². The molecule has 1 heterocycles. The van der Waals surface area contributed by atoms with Crippen LogP contribution >= 0.6 is 11.8 Å². The first-order valence-corrected chi connectivity index (χ1v) is 6.33. The first-order chi connectivity index (χ1) is 7.19. The number of nitrogens with zero attached hydrogens (tertiary/aromatic N) is 3. The van der Waals surface area contributed by atoms with Crippen LogP contribution in [0, 0.1) is 5.92 Å². The lowest BCUT2D eigenvalue weighted by Gasteiger charge is -2.07. The summed E-state index contributed by atoms with van der Waals surface area (Å²) in [6.07, 6.45) is 2.81. The van der Waals surface area contributed by atoms with Gasteiger partial charge in [0.2, 0.25) is 0 Å². The third-order valence-electron chi connectivity index (χ3n) is 1.97. The van der Waals surface area contributed by atoms with Crippen molar-refractivity contribution in [3.05, 3.63) is 18.5 Å². The van der Waals surface area contributed by atoms with Crippen molar-refractivity contribution >= 4 is 11.8 Å². The number of thioether (sulfide) groups is 1. The Morgan fingerprint density at radius 1 is 1.47 bits per heavy atom. The predicted molar refractivity (Wildman–Crippen MR) is 65.2 cm³/mol. The molecule has 1 aromatic heterocycles. The number of allylic oxidation sites excluding steroid dienone is 1. The van der Waals surface area contributed by atoms with E-state index in [1.807, 2.05) is 6.08 Å². The fraction of sp³-hybridized carbons (Fsp3) is 0.636. The van der Waals surface area contributed by atoms with Crippen molar-refractivity contribution in [3.8, 4) is 0 Å². The summed E-state index contributed by atoms with van der Waals surface area (Å²) >= 11 is 1.77. The highest BCUT2D eigenvalue weighted by Crippen LogP contribution is 2.19. The van der Waals surface area contributed by atoms with Crippen LogP contribution in [0.5, 0.6) is 0 Å². The highest BCUT2D eigenvalue weighted by Gasteiger charge is 2.10. The Morgan fingerprint density at radius 3 is 2.73 bits per heavy atom. The van der Waals surface area contributed by atoms with Gasteiger partial charge in [-0.05, 0) is 5.92 Å². The van der Waals surface area contributed by atoms with Crippen molar-refractivity contribution in [2.75, 3.05) is 5.75 Å². The minimum atomic E-state index is 0.675. The van der Waals surface area contributed by atoms with Gasteiger partial charge >= 0.3 is 0 Å². The van der Waals surface area contributed by atoms with Crippen molar-refractivity contribution in [3.63, 3.8) is 0 Å². The normalized spacial score (nSPS) is 10.9. The fourth-order valence-corrected chi connectivity index (χ4v) is 2.16. The quantitative estimate of drug-likeness (QED) is 0.551. The van der Waals surface area contributed by atoms with E-state index in [0.717, 1.165) is 29.7 Å². The van der Waals surface area contributed by atoms with Gasteiger partial charge in [-0.1, -0.05) is 38.6 Å². The summed E-state index contributed by atoms with van der Waals surface area (Å²) in [6, 6.07) is 0. The van der Waals surface area contributed by atoms with Gasteiger partial charge in [0.25, 0.3) is 0 Å². The van der Waals surface area contributed by atoms with Crippen molar-refractivity contribution in [2.45, 2.75) is 38.9 Å². The molecule has 3 nitrogen and oxygen atoms in total. The second kappa shape index (κ2) is 5.95. The Bertz CT molecular complexity index is 318. The van der Waals surface area contributed by atoms with Crippen LogP contribution in [0.25, 0.3) is 0 Å². The molecule has 1 rings (SSSR count). The summed E-state index contributed by atoms with van der Waals surface area (Å²) in [5.74, 6) is 2.80. The van der Waals surface area contributed by atoms with Gasteiger partial charge in [-0.15, -0.1) is 16.8 Å². The van der Waals surface area contributed by atoms with Crippen LogP contribution < -0.4 is 0 Å². The molecule has 0 atom stereocenters. The molecule has 0 unspecified atom stereocenters. The zero-order chi connectivity index (χ0) is 11.3. The minimum Gasteiger partial charge on any atom is -0.302 e. The number of rotatable bonds is 6. The molecule has 1 aromatic rings. The molecule has 0 radical (unpaired) electrons. The Hall–Kier alpha value is -0.770. The smallest absolute Gasteiger partial charge is 0.191 e. The summed E-state index contributed by atoms with van der Waals surface area (Å²) in [5.41, 5.74) is 0. The molecule has 0 aliphatic rings. The van der Waals surface area contributed by atoms with Crippen LogP contribution in [0.1, 0.15) is 26.6 Å². The van der Waals surface area contributed by atoms with Gasteiger partial charge in [0.15, 0.2) is 5.16 Å². The third-order valence-corrected chi connectivity index (χ3v) is 3.36. The van der Waals surface area contributed by atoms with E-state index in [9.17, 15) is 0 Å². The molecule has 0 spiro atoms. The van der Waals surface area contributed by atoms with Crippen LogP contribution in [0.4, 0.5) is 0 Å². The van der Waals surface area contributed by atoms with E-state index >= 15 is 0 Å². The molecule has 0 fully saturated rings. The minimum absolute atomic E-state index is 0.675. The molecule has 0 saturated carbocycles. The van der Waals surface area contributed by atoms with Crippen LogP contribution in [0.2, 0.25) is 0 Å². The first-order valence-electron chi connectivity index (χ1n) is 5.34. The van der Waals surface area contributed by atoms with E-state index < -0.39 is 0 Å². The monoisotopic (exact) mass is 225 g/mol. The summed E-state index contributed by atoms with van der Waals surface area (Å²) in [4.78, 5) is 0. The van der Waals surface area contributed by atoms with Crippen molar-refractivity contribution in [1.29, 1.82) is 0 Å². The van der Waals surface area contributed by atoms with Crippen LogP contribution in [-0.4, -0.2) is 20.5 Å². The van der Waals surface area contributed by atoms with Gasteiger partial charge in [0.1, 0.15) is 5.82 Å². The lowest BCUT2D eigenvalue weighted by molar-refractivity contribution is 0.680. The van der Waals surface area contributed by atoms with Crippen LogP contribution in [-0.2, 0) is 13.0 Å². The number of hydrogen-bond acceptors (Lipinski definition) is 3. The molecule has 0 saturated heterocycles. The van der Waals surface area contributed by atoms with Gasteiger partial charge in [0, 0.05) is 18.7 Å². The maximum Gasteiger partial charge on any atom is 0.191 e. The molecular weight excluding hydrogens is 206 g/mol. The molecule has 84 valence electrons.